The SMILES string of the molecule is COc1ccc(Br)c2c1-c1nc(N=Cc3ccc(C)o3)sc1C2. The minimum absolute atomic E-state index is 0.733. The number of aryl methyl sites for hydroxylation is 1. The molecule has 23 heavy (non-hydrogen) atoms. The molecule has 1 aliphatic rings. The first-order chi connectivity index (χ1) is 11.2. The van der Waals surface area contributed by atoms with Gasteiger partial charge < -0.3 is 9.15 Å². The Bertz CT molecular complexity index is 927. The van der Waals surface area contributed by atoms with Crippen LogP contribution < -0.4 is 4.74 Å². The van der Waals surface area contributed by atoms with Crippen LogP contribution >= 0.6 is 27.3 Å². The predicted molar refractivity (Wildman–Crippen MR) is 95.3 cm³/mol. The number of benzene rings is 1. The van der Waals surface area contributed by atoms with E-state index >= 15 is 0 Å². The first-order valence-corrected chi connectivity index (χ1v) is 8.72. The standard InChI is InChI=1S/C17H13BrN2O2S/c1-9-3-4-10(22-9)8-19-17-20-16-14(23-17)7-11-12(18)5-6-13(21-2)15(11)16/h3-6,8H,7H2,1-2H3. The highest BCUT2D eigenvalue weighted by molar-refractivity contribution is 9.10. The molecular weight excluding hydrogens is 376 g/mol. The minimum atomic E-state index is 0.733. The molecule has 1 aliphatic carbocycles. The second-order valence-electron chi connectivity index (χ2n) is 5.25. The number of hydrogen-bond acceptors (Lipinski definition) is 5. The summed E-state index contributed by atoms with van der Waals surface area (Å²) in [5, 5.41) is 0.733. The Balaban J connectivity index is 1.72. The molecule has 0 aliphatic heterocycles. The first kappa shape index (κ1) is 14.7. The number of aromatic nitrogens is 1. The van der Waals surface area contributed by atoms with E-state index in [9.17, 15) is 0 Å². The minimum Gasteiger partial charge on any atom is -0.496 e. The van der Waals surface area contributed by atoms with Crippen molar-refractivity contribution in [2.75, 3.05) is 7.11 Å². The average molecular weight is 389 g/mol. The van der Waals surface area contributed by atoms with Crippen LogP contribution in [-0.4, -0.2) is 18.3 Å². The molecule has 0 amide bonds. The molecule has 0 saturated heterocycles. The van der Waals surface area contributed by atoms with Crippen molar-refractivity contribution < 1.29 is 9.15 Å². The Morgan fingerprint density at radius 1 is 1.35 bits per heavy atom. The maximum Gasteiger partial charge on any atom is 0.210 e. The lowest BCUT2D eigenvalue weighted by atomic mass is 10.1. The number of thiazole rings is 1. The zero-order chi connectivity index (χ0) is 16.0. The fourth-order valence-corrected chi connectivity index (χ4v) is 4.11. The third kappa shape index (κ3) is 2.52. The highest BCUT2D eigenvalue weighted by Crippen LogP contribution is 2.48. The van der Waals surface area contributed by atoms with E-state index in [-0.39, 0.29) is 0 Å². The number of ether oxygens (including phenoxy) is 1. The van der Waals surface area contributed by atoms with Crippen LogP contribution in [-0.2, 0) is 6.42 Å². The summed E-state index contributed by atoms with van der Waals surface area (Å²) >= 11 is 5.22. The van der Waals surface area contributed by atoms with E-state index in [1.165, 1.54) is 10.4 Å². The van der Waals surface area contributed by atoms with Crippen molar-refractivity contribution in [3.63, 3.8) is 0 Å². The van der Waals surface area contributed by atoms with E-state index in [0.717, 1.165) is 44.6 Å². The summed E-state index contributed by atoms with van der Waals surface area (Å²) in [7, 11) is 1.69. The van der Waals surface area contributed by atoms with E-state index in [2.05, 4.69) is 25.9 Å². The lowest BCUT2D eigenvalue weighted by Crippen LogP contribution is -1.90. The molecule has 2 heterocycles. The number of nitrogens with zero attached hydrogens (tertiary/aromatic N) is 2. The molecule has 0 radical (unpaired) electrons. The number of furan rings is 1. The zero-order valence-electron chi connectivity index (χ0n) is 12.6. The molecule has 3 aromatic rings. The maximum atomic E-state index is 5.50. The van der Waals surface area contributed by atoms with Crippen LogP contribution in [0.15, 0.2) is 38.1 Å². The van der Waals surface area contributed by atoms with Crippen molar-refractivity contribution in [1.29, 1.82) is 0 Å². The van der Waals surface area contributed by atoms with Gasteiger partial charge in [0.25, 0.3) is 0 Å². The molecule has 0 atom stereocenters. The fourth-order valence-electron chi connectivity index (χ4n) is 2.72. The van der Waals surface area contributed by atoms with E-state index in [4.69, 9.17) is 9.15 Å². The predicted octanol–water partition coefficient (Wildman–Crippen LogP) is 5.14. The molecule has 0 unspecified atom stereocenters. The summed E-state index contributed by atoms with van der Waals surface area (Å²) < 4.78 is 12.1. The lowest BCUT2D eigenvalue weighted by molar-refractivity contribution is 0.416. The van der Waals surface area contributed by atoms with Crippen molar-refractivity contribution in [1.82, 2.24) is 4.98 Å². The van der Waals surface area contributed by atoms with Gasteiger partial charge in [-0.25, -0.2) is 9.98 Å². The molecule has 0 fully saturated rings. The highest BCUT2D eigenvalue weighted by Gasteiger charge is 2.28. The van der Waals surface area contributed by atoms with Gasteiger partial charge in [-0.1, -0.05) is 27.3 Å². The van der Waals surface area contributed by atoms with Gasteiger partial charge in [0.2, 0.25) is 5.13 Å². The van der Waals surface area contributed by atoms with Crippen LogP contribution in [0.4, 0.5) is 5.13 Å². The summed E-state index contributed by atoms with van der Waals surface area (Å²) in [6.07, 6.45) is 2.57. The second-order valence-corrected chi connectivity index (χ2v) is 7.17. The molecular formula is C17H13BrN2O2S. The van der Waals surface area contributed by atoms with Crippen molar-refractivity contribution in [3.8, 4) is 17.0 Å². The molecule has 4 nitrogen and oxygen atoms in total. The van der Waals surface area contributed by atoms with Gasteiger partial charge in [0.15, 0.2) is 0 Å². The smallest absolute Gasteiger partial charge is 0.210 e. The van der Waals surface area contributed by atoms with Crippen molar-refractivity contribution in [3.05, 3.63) is 50.7 Å². The Kier molecular flexibility index (Phi) is 3.58. The first-order valence-electron chi connectivity index (χ1n) is 7.11. The summed E-state index contributed by atoms with van der Waals surface area (Å²) in [6.45, 7) is 1.91. The normalized spacial score (nSPS) is 12.7. The van der Waals surface area contributed by atoms with Gasteiger partial charge in [-0.2, -0.15) is 0 Å². The van der Waals surface area contributed by atoms with Gasteiger partial charge in [0.1, 0.15) is 17.3 Å². The second kappa shape index (κ2) is 5.62. The van der Waals surface area contributed by atoms with Gasteiger partial charge in [0.05, 0.1) is 19.0 Å². The zero-order valence-corrected chi connectivity index (χ0v) is 15.0. The molecule has 6 heteroatoms. The van der Waals surface area contributed by atoms with E-state index < -0.39 is 0 Å². The molecule has 4 rings (SSSR count). The Morgan fingerprint density at radius 3 is 2.96 bits per heavy atom. The van der Waals surface area contributed by atoms with Crippen molar-refractivity contribution in [2.24, 2.45) is 4.99 Å². The molecule has 0 saturated carbocycles. The van der Waals surface area contributed by atoms with Gasteiger partial charge in [0, 0.05) is 21.3 Å². The Hall–Kier alpha value is -1.92. The topological polar surface area (TPSA) is 47.6 Å². The van der Waals surface area contributed by atoms with Gasteiger partial charge in [-0.3, -0.25) is 0 Å². The molecule has 0 spiro atoms. The quantitative estimate of drug-likeness (QED) is 0.456. The van der Waals surface area contributed by atoms with Crippen LogP contribution in [0.25, 0.3) is 11.3 Å². The lowest BCUT2D eigenvalue weighted by Gasteiger charge is -2.08. The molecule has 2 aromatic heterocycles. The number of hydrogen-bond donors (Lipinski definition) is 0. The van der Waals surface area contributed by atoms with Crippen LogP contribution in [0.1, 0.15) is 22.0 Å². The monoisotopic (exact) mass is 388 g/mol. The number of rotatable bonds is 3. The third-order valence-corrected chi connectivity index (χ3v) is 5.47. The number of halogens is 1. The van der Waals surface area contributed by atoms with E-state index in [1.54, 1.807) is 24.7 Å². The summed E-state index contributed by atoms with van der Waals surface area (Å²) in [5.74, 6) is 2.46. The van der Waals surface area contributed by atoms with E-state index in [1.807, 2.05) is 31.2 Å². The summed E-state index contributed by atoms with van der Waals surface area (Å²) in [6, 6.07) is 7.80. The molecule has 116 valence electrons. The van der Waals surface area contributed by atoms with E-state index in [0.29, 0.717) is 0 Å². The maximum absolute atomic E-state index is 5.50. The molecule has 0 bridgehead atoms. The van der Waals surface area contributed by atoms with Gasteiger partial charge in [-0.05, 0) is 36.8 Å². The van der Waals surface area contributed by atoms with Crippen molar-refractivity contribution >= 4 is 38.6 Å². The average Bonchev–Trinajstić information content (AvgIpc) is 3.20. The molecule has 1 aromatic carbocycles. The summed E-state index contributed by atoms with van der Waals surface area (Å²) in [4.78, 5) is 10.3. The Morgan fingerprint density at radius 2 is 2.22 bits per heavy atom. The van der Waals surface area contributed by atoms with Crippen LogP contribution in [0, 0.1) is 6.92 Å². The fraction of sp³-hybridized carbons (Fsp3) is 0.176. The highest BCUT2D eigenvalue weighted by atomic mass is 79.9. The molecule has 0 N–H and O–H groups in total. The van der Waals surface area contributed by atoms with Crippen LogP contribution in [0.3, 0.4) is 0 Å². The van der Waals surface area contributed by atoms with Crippen LogP contribution in [0.5, 0.6) is 5.75 Å². The number of methoxy groups -OCH3 is 1. The number of aliphatic imine (C=N–C) groups is 1. The summed E-state index contributed by atoms with van der Waals surface area (Å²) in [5.41, 5.74) is 3.28. The van der Waals surface area contributed by atoms with Crippen LogP contribution in [0.2, 0.25) is 0 Å². The van der Waals surface area contributed by atoms with Gasteiger partial charge >= 0.3 is 0 Å². The third-order valence-electron chi connectivity index (χ3n) is 3.76. The number of fused-ring (bicyclic) bond motifs is 3. The van der Waals surface area contributed by atoms with Gasteiger partial charge in [-0.15, -0.1) is 0 Å². The largest absolute Gasteiger partial charge is 0.496 e. The Labute approximate surface area is 146 Å². The van der Waals surface area contributed by atoms with Crippen molar-refractivity contribution in [2.45, 2.75) is 13.3 Å².